The Morgan fingerprint density at radius 1 is 1.40 bits per heavy atom. The quantitative estimate of drug-likeness (QED) is 0.904. The molecule has 1 aliphatic heterocycles. The lowest BCUT2D eigenvalue weighted by molar-refractivity contribution is 0.0689. The molecular weight excluding hydrogens is 266 g/mol. The van der Waals surface area contributed by atoms with E-state index in [1.807, 2.05) is 19.0 Å². The largest absolute Gasteiger partial charge is 0.391 e. The summed E-state index contributed by atoms with van der Waals surface area (Å²) in [5.74, 6) is -2.45. The second-order valence-corrected chi connectivity index (χ2v) is 5.36. The molecule has 1 aliphatic rings. The number of halogens is 2. The third-order valence-electron chi connectivity index (χ3n) is 3.41. The smallest absolute Gasteiger partial charge is 0.260 e. The topological polar surface area (TPSA) is 43.8 Å². The van der Waals surface area contributed by atoms with Crippen molar-refractivity contribution in [3.63, 3.8) is 0 Å². The summed E-state index contributed by atoms with van der Waals surface area (Å²) in [5.41, 5.74) is -0.551. The number of likely N-dealkylation sites (tertiary alicyclic amines) is 1. The molecule has 0 aromatic heterocycles. The summed E-state index contributed by atoms with van der Waals surface area (Å²) in [6.07, 6.45) is -0.237. The van der Waals surface area contributed by atoms with Crippen LogP contribution in [-0.4, -0.2) is 60.1 Å². The molecule has 1 saturated heterocycles. The van der Waals surface area contributed by atoms with Crippen LogP contribution in [-0.2, 0) is 0 Å². The number of benzene rings is 1. The van der Waals surface area contributed by atoms with Crippen molar-refractivity contribution in [1.82, 2.24) is 9.80 Å². The van der Waals surface area contributed by atoms with Gasteiger partial charge in [0.2, 0.25) is 0 Å². The standard InChI is InChI=1S/C14H18F2N2O2/c1-17(2)7-9-6-10(19)8-18(9)14(20)13-11(15)4-3-5-12(13)16/h3-5,9-10,19H,6-8H2,1-2H3. The van der Waals surface area contributed by atoms with E-state index in [2.05, 4.69) is 0 Å². The molecule has 2 rings (SSSR count). The fourth-order valence-corrected chi connectivity index (χ4v) is 2.58. The zero-order valence-electron chi connectivity index (χ0n) is 11.5. The molecule has 1 fully saturated rings. The van der Waals surface area contributed by atoms with Gasteiger partial charge in [-0.1, -0.05) is 6.07 Å². The second-order valence-electron chi connectivity index (χ2n) is 5.36. The molecule has 0 bridgehead atoms. The molecule has 2 atom stereocenters. The fourth-order valence-electron chi connectivity index (χ4n) is 2.58. The van der Waals surface area contributed by atoms with Crippen molar-refractivity contribution in [3.8, 4) is 0 Å². The van der Waals surface area contributed by atoms with Gasteiger partial charge in [0, 0.05) is 19.1 Å². The zero-order chi connectivity index (χ0) is 14.9. The van der Waals surface area contributed by atoms with Gasteiger partial charge >= 0.3 is 0 Å². The van der Waals surface area contributed by atoms with Gasteiger partial charge < -0.3 is 14.9 Å². The molecule has 1 aromatic rings. The normalized spacial score (nSPS) is 22.6. The van der Waals surface area contributed by atoms with Crippen LogP contribution in [0.25, 0.3) is 0 Å². The van der Waals surface area contributed by atoms with Crippen LogP contribution in [0.2, 0.25) is 0 Å². The SMILES string of the molecule is CN(C)CC1CC(O)CN1C(=O)c1c(F)cccc1F. The number of amides is 1. The first-order chi connectivity index (χ1) is 9.40. The lowest BCUT2D eigenvalue weighted by Crippen LogP contribution is -2.42. The molecule has 0 spiro atoms. The van der Waals surface area contributed by atoms with Crippen LogP contribution in [0, 0.1) is 11.6 Å². The predicted octanol–water partition coefficient (Wildman–Crippen LogP) is 1.10. The van der Waals surface area contributed by atoms with E-state index < -0.39 is 29.2 Å². The molecule has 0 aliphatic carbocycles. The maximum atomic E-state index is 13.7. The number of carbonyl (C=O) groups is 1. The predicted molar refractivity (Wildman–Crippen MR) is 70.4 cm³/mol. The maximum Gasteiger partial charge on any atom is 0.260 e. The number of β-amino-alcohol motifs (C(OH)–C–C–N with tert-alkyl or cyclic N) is 1. The second kappa shape index (κ2) is 5.85. The van der Waals surface area contributed by atoms with Gasteiger partial charge in [-0.25, -0.2) is 8.78 Å². The molecule has 1 aromatic carbocycles. The highest BCUT2D eigenvalue weighted by atomic mass is 19.1. The summed E-state index contributed by atoms with van der Waals surface area (Å²) in [4.78, 5) is 15.6. The minimum absolute atomic E-state index is 0.102. The first-order valence-electron chi connectivity index (χ1n) is 6.48. The Labute approximate surface area is 116 Å². The van der Waals surface area contributed by atoms with Crippen LogP contribution in [0.5, 0.6) is 0 Å². The first-order valence-corrected chi connectivity index (χ1v) is 6.48. The van der Waals surface area contributed by atoms with Gasteiger partial charge in [0.05, 0.1) is 6.10 Å². The van der Waals surface area contributed by atoms with E-state index in [-0.39, 0.29) is 12.6 Å². The third-order valence-corrected chi connectivity index (χ3v) is 3.41. The Kier molecular flexibility index (Phi) is 4.35. The molecule has 110 valence electrons. The highest BCUT2D eigenvalue weighted by molar-refractivity contribution is 5.95. The van der Waals surface area contributed by atoms with Gasteiger partial charge in [0.25, 0.3) is 5.91 Å². The molecule has 0 saturated carbocycles. The summed E-state index contributed by atoms with van der Waals surface area (Å²) in [7, 11) is 3.69. The van der Waals surface area contributed by atoms with Crippen LogP contribution in [0.4, 0.5) is 8.78 Å². The number of carbonyl (C=O) groups excluding carboxylic acids is 1. The van der Waals surface area contributed by atoms with Gasteiger partial charge in [-0.3, -0.25) is 4.79 Å². The summed E-state index contributed by atoms with van der Waals surface area (Å²) in [6, 6.07) is 3.09. The summed E-state index contributed by atoms with van der Waals surface area (Å²) in [5, 5.41) is 9.72. The van der Waals surface area contributed by atoms with Crippen molar-refractivity contribution in [2.45, 2.75) is 18.6 Å². The minimum atomic E-state index is -0.875. The van der Waals surface area contributed by atoms with Gasteiger partial charge in [0.15, 0.2) is 0 Å². The third kappa shape index (κ3) is 2.96. The van der Waals surface area contributed by atoms with E-state index >= 15 is 0 Å². The van der Waals surface area contributed by atoms with Gasteiger partial charge in [-0.15, -0.1) is 0 Å². The van der Waals surface area contributed by atoms with Crippen molar-refractivity contribution < 1.29 is 18.7 Å². The number of aliphatic hydroxyl groups excluding tert-OH is 1. The van der Waals surface area contributed by atoms with Crippen molar-refractivity contribution in [3.05, 3.63) is 35.4 Å². The molecule has 6 heteroatoms. The van der Waals surface area contributed by atoms with E-state index in [4.69, 9.17) is 0 Å². The van der Waals surface area contributed by atoms with E-state index in [0.29, 0.717) is 13.0 Å². The van der Waals surface area contributed by atoms with E-state index in [9.17, 15) is 18.7 Å². The van der Waals surface area contributed by atoms with Crippen LogP contribution in [0.3, 0.4) is 0 Å². The Bertz CT molecular complexity index is 488. The number of nitrogens with zero attached hydrogens (tertiary/aromatic N) is 2. The van der Waals surface area contributed by atoms with Gasteiger partial charge in [-0.05, 0) is 32.6 Å². The lowest BCUT2D eigenvalue weighted by atomic mass is 10.1. The van der Waals surface area contributed by atoms with Crippen LogP contribution in [0.1, 0.15) is 16.8 Å². The number of hydrogen-bond acceptors (Lipinski definition) is 3. The Morgan fingerprint density at radius 2 is 2.00 bits per heavy atom. The molecule has 0 radical (unpaired) electrons. The monoisotopic (exact) mass is 284 g/mol. The number of aliphatic hydroxyl groups is 1. The molecule has 1 heterocycles. The fraction of sp³-hybridized carbons (Fsp3) is 0.500. The molecule has 4 nitrogen and oxygen atoms in total. The van der Waals surface area contributed by atoms with E-state index in [1.165, 1.54) is 11.0 Å². The van der Waals surface area contributed by atoms with Crippen molar-refractivity contribution in [2.75, 3.05) is 27.2 Å². The van der Waals surface area contributed by atoms with Gasteiger partial charge in [0.1, 0.15) is 17.2 Å². The summed E-state index contributed by atoms with van der Waals surface area (Å²) in [6.45, 7) is 0.643. The molecular formula is C14H18F2N2O2. The summed E-state index contributed by atoms with van der Waals surface area (Å²) < 4.78 is 27.4. The van der Waals surface area contributed by atoms with Crippen LogP contribution >= 0.6 is 0 Å². The maximum absolute atomic E-state index is 13.7. The van der Waals surface area contributed by atoms with Crippen molar-refractivity contribution in [2.24, 2.45) is 0 Å². The number of hydrogen-bond donors (Lipinski definition) is 1. The highest BCUT2D eigenvalue weighted by Crippen LogP contribution is 2.23. The summed E-state index contributed by atoms with van der Waals surface area (Å²) >= 11 is 0. The Hall–Kier alpha value is -1.53. The average molecular weight is 284 g/mol. The van der Waals surface area contributed by atoms with Crippen LogP contribution in [0.15, 0.2) is 18.2 Å². The lowest BCUT2D eigenvalue weighted by Gasteiger charge is -2.27. The average Bonchev–Trinajstić information content (AvgIpc) is 2.68. The van der Waals surface area contributed by atoms with Gasteiger partial charge in [-0.2, -0.15) is 0 Å². The van der Waals surface area contributed by atoms with Crippen molar-refractivity contribution >= 4 is 5.91 Å². The Morgan fingerprint density at radius 3 is 2.55 bits per heavy atom. The Balaban J connectivity index is 2.27. The van der Waals surface area contributed by atoms with Crippen LogP contribution < -0.4 is 0 Å². The molecule has 1 N–H and O–H groups in total. The highest BCUT2D eigenvalue weighted by Gasteiger charge is 2.36. The molecule has 20 heavy (non-hydrogen) atoms. The van der Waals surface area contributed by atoms with E-state index in [1.54, 1.807) is 0 Å². The molecule has 2 unspecified atom stereocenters. The number of likely N-dealkylation sites (N-methyl/N-ethyl adjacent to an activating group) is 1. The van der Waals surface area contributed by atoms with E-state index in [0.717, 1.165) is 12.1 Å². The minimum Gasteiger partial charge on any atom is -0.391 e. The first kappa shape index (κ1) is 14.9. The molecule has 1 amide bonds. The zero-order valence-corrected chi connectivity index (χ0v) is 11.5. The van der Waals surface area contributed by atoms with Crippen molar-refractivity contribution in [1.29, 1.82) is 0 Å². The number of rotatable bonds is 3.